The molecule has 1 aromatic carbocycles. The highest BCUT2D eigenvalue weighted by Crippen LogP contribution is 2.35. The second-order valence-corrected chi connectivity index (χ2v) is 6.74. The van der Waals surface area contributed by atoms with Gasteiger partial charge in [0.05, 0.1) is 6.10 Å². The van der Waals surface area contributed by atoms with Crippen molar-refractivity contribution in [2.24, 2.45) is 0 Å². The quantitative estimate of drug-likeness (QED) is 0.831. The molecule has 1 saturated heterocycles. The predicted molar refractivity (Wildman–Crippen MR) is 94.2 cm³/mol. The maximum absolute atomic E-state index is 9.84. The Morgan fingerprint density at radius 3 is 2.64 bits per heavy atom. The minimum absolute atomic E-state index is 0.268. The standard InChI is InChI=1S/C19H27N3O3/c1-3-16(23)14-22-11-9-19(24-2,10-12-22)18-20-17(21-25-18)13-15-7-5-4-6-8-15/h4-8,16,23H,3,9-14H2,1-2H3/t16-/m1/s1. The molecule has 1 aliphatic rings. The highest BCUT2D eigenvalue weighted by Gasteiger charge is 2.41. The van der Waals surface area contributed by atoms with E-state index in [4.69, 9.17) is 9.26 Å². The lowest BCUT2D eigenvalue weighted by Crippen LogP contribution is -2.46. The van der Waals surface area contributed by atoms with Gasteiger partial charge in [0.25, 0.3) is 5.89 Å². The molecule has 0 radical (unpaired) electrons. The summed E-state index contributed by atoms with van der Waals surface area (Å²) in [4.78, 5) is 6.87. The fourth-order valence-electron chi connectivity index (χ4n) is 3.32. The summed E-state index contributed by atoms with van der Waals surface area (Å²) in [5.74, 6) is 1.25. The van der Waals surface area contributed by atoms with Gasteiger partial charge in [-0.25, -0.2) is 0 Å². The van der Waals surface area contributed by atoms with Gasteiger partial charge in [-0.05, 0) is 24.8 Å². The third-order valence-corrected chi connectivity index (χ3v) is 5.06. The molecule has 25 heavy (non-hydrogen) atoms. The summed E-state index contributed by atoms with van der Waals surface area (Å²) < 4.78 is 11.4. The summed E-state index contributed by atoms with van der Waals surface area (Å²) in [5.41, 5.74) is 0.639. The lowest BCUT2D eigenvalue weighted by atomic mass is 9.90. The van der Waals surface area contributed by atoms with Crippen molar-refractivity contribution in [3.63, 3.8) is 0 Å². The highest BCUT2D eigenvalue weighted by molar-refractivity contribution is 5.18. The maximum Gasteiger partial charge on any atom is 0.258 e. The number of hydrogen-bond acceptors (Lipinski definition) is 6. The highest BCUT2D eigenvalue weighted by atomic mass is 16.5. The van der Waals surface area contributed by atoms with E-state index in [9.17, 15) is 5.11 Å². The maximum atomic E-state index is 9.84. The van der Waals surface area contributed by atoms with Crippen molar-refractivity contribution in [1.29, 1.82) is 0 Å². The number of nitrogens with zero attached hydrogens (tertiary/aromatic N) is 3. The van der Waals surface area contributed by atoms with Crippen molar-refractivity contribution in [2.45, 2.75) is 44.3 Å². The van der Waals surface area contributed by atoms with E-state index in [1.54, 1.807) is 7.11 Å². The molecule has 0 aliphatic carbocycles. The summed E-state index contributed by atoms with van der Waals surface area (Å²) in [6.07, 6.45) is 2.73. The molecule has 3 rings (SSSR count). The van der Waals surface area contributed by atoms with E-state index in [1.165, 1.54) is 0 Å². The minimum Gasteiger partial charge on any atom is -0.392 e. The van der Waals surface area contributed by atoms with Gasteiger partial charge in [0.2, 0.25) is 0 Å². The molecule has 0 bridgehead atoms. The van der Waals surface area contributed by atoms with Crippen molar-refractivity contribution in [3.05, 3.63) is 47.6 Å². The van der Waals surface area contributed by atoms with Crippen LogP contribution in [-0.4, -0.2) is 53.0 Å². The molecule has 1 N–H and O–H groups in total. The van der Waals surface area contributed by atoms with Gasteiger partial charge in [0.1, 0.15) is 5.60 Å². The fourth-order valence-corrected chi connectivity index (χ4v) is 3.32. The molecule has 0 amide bonds. The van der Waals surface area contributed by atoms with Crippen LogP contribution in [0.3, 0.4) is 0 Å². The number of piperidine rings is 1. The fraction of sp³-hybridized carbons (Fsp3) is 0.579. The number of aromatic nitrogens is 2. The molecule has 1 fully saturated rings. The average molecular weight is 345 g/mol. The van der Waals surface area contributed by atoms with Crippen LogP contribution < -0.4 is 0 Å². The van der Waals surface area contributed by atoms with Gasteiger partial charge in [-0.3, -0.25) is 0 Å². The van der Waals surface area contributed by atoms with Crippen molar-refractivity contribution in [3.8, 4) is 0 Å². The van der Waals surface area contributed by atoms with E-state index >= 15 is 0 Å². The number of aliphatic hydroxyl groups is 1. The molecular formula is C19H27N3O3. The van der Waals surface area contributed by atoms with Crippen molar-refractivity contribution in [1.82, 2.24) is 15.0 Å². The molecule has 0 unspecified atom stereocenters. The summed E-state index contributed by atoms with van der Waals surface area (Å²) >= 11 is 0. The third kappa shape index (κ3) is 4.26. The lowest BCUT2D eigenvalue weighted by molar-refractivity contribution is -0.0865. The molecule has 0 saturated carbocycles. The van der Waals surface area contributed by atoms with Crippen molar-refractivity contribution in [2.75, 3.05) is 26.7 Å². The molecule has 1 aromatic heterocycles. The first kappa shape index (κ1) is 18.0. The lowest BCUT2D eigenvalue weighted by Gasteiger charge is -2.38. The monoisotopic (exact) mass is 345 g/mol. The first-order chi connectivity index (χ1) is 12.1. The Bertz CT molecular complexity index is 651. The van der Waals surface area contributed by atoms with Gasteiger partial charge < -0.3 is 19.3 Å². The van der Waals surface area contributed by atoms with Gasteiger partial charge in [-0.1, -0.05) is 42.4 Å². The second kappa shape index (κ2) is 8.08. The van der Waals surface area contributed by atoms with Crippen LogP contribution in [0.25, 0.3) is 0 Å². The first-order valence-electron chi connectivity index (χ1n) is 8.98. The number of β-amino-alcohol motifs (C(OH)–C–C–N with tert-alkyl or cyclic N) is 1. The number of methoxy groups -OCH3 is 1. The summed E-state index contributed by atoms with van der Waals surface area (Å²) in [7, 11) is 1.71. The number of aliphatic hydroxyl groups excluding tert-OH is 1. The van der Waals surface area contributed by atoms with Crippen LogP contribution in [-0.2, 0) is 16.8 Å². The van der Waals surface area contributed by atoms with E-state index in [0.29, 0.717) is 24.7 Å². The number of rotatable bonds is 7. The van der Waals surface area contributed by atoms with E-state index in [0.717, 1.165) is 37.9 Å². The van der Waals surface area contributed by atoms with Gasteiger partial charge in [0.15, 0.2) is 5.82 Å². The minimum atomic E-state index is -0.518. The second-order valence-electron chi connectivity index (χ2n) is 6.74. The average Bonchev–Trinajstić information content (AvgIpc) is 3.12. The predicted octanol–water partition coefficient (Wildman–Crippen LogP) is 2.37. The van der Waals surface area contributed by atoms with Crippen LogP contribution in [0.2, 0.25) is 0 Å². The van der Waals surface area contributed by atoms with Crippen molar-refractivity contribution >= 4 is 0 Å². The van der Waals surface area contributed by atoms with E-state index in [-0.39, 0.29) is 6.10 Å². The Kier molecular flexibility index (Phi) is 5.83. The molecule has 1 atom stereocenters. The topological polar surface area (TPSA) is 71.6 Å². The number of ether oxygens (including phenoxy) is 1. The van der Waals surface area contributed by atoms with Gasteiger partial charge in [0, 0.05) is 33.2 Å². The SMILES string of the molecule is CC[C@@H](O)CN1CCC(OC)(c2nc(Cc3ccccc3)no2)CC1. The van der Waals surface area contributed by atoms with Crippen LogP contribution in [0, 0.1) is 0 Å². The molecule has 0 spiro atoms. The number of likely N-dealkylation sites (tertiary alicyclic amines) is 1. The Balaban J connectivity index is 1.66. The molecule has 6 heteroatoms. The summed E-state index contributed by atoms with van der Waals surface area (Å²) in [5, 5.41) is 14.0. The Hall–Kier alpha value is -1.76. The molecule has 1 aliphatic heterocycles. The Morgan fingerprint density at radius 1 is 1.28 bits per heavy atom. The van der Waals surface area contributed by atoms with Gasteiger partial charge >= 0.3 is 0 Å². The number of benzene rings is 1. The summed E-state index contributed by atoms with van der Waals surface area (Å²) in [6, 6.07) is 10.1. The van der Waals surface area contributed by atoms with Crippen LogP contribution in [0.4, 0.5) is 0 Å². The number of hydrogen-bond donors (Lipinski definition) is 1. The van der Waals surface area contributed by atoms with Gasteiger partial charge in [-0.2, -0.15) is 4.98 Å². The molecule has 2 heterocycles. The zero-order valence-electron chi connectivity index (χ0n) is 15.0. The largest absolute Gasteiger partial charge is 0.392 e. The van der Waals surface area contributed by atoms with Crippen LogP contribution >= 0.6 is 0 Å². The normalized spacial score (nSPS) is 19.0. The van der Waals surface area contributed by atoms with Gasteiger partial charge in [-0.15, -0.1) is 0 Å². The molecule has 6 nitrogen and oxygen atoms in total. The Labute approximate surface area is 148 Å². The molecular weight excluding hydrogens is 318 g/mol. The van der Waals surface area contributed by atoms with E-state index in [2.05, 4.69) is 27.2 Å². The molecule has 136 valence electrons. The van der Waals surface area contributed by atoms with Crippen LogP contribution in [0.15, 0.2) is 34.9 Å². The first-order valence-corrected chi connectivity index (χ1v) is 8.98. The zero-order valence-corrected chi connectivity index (χ0v) is 15.0. The zero-order chi connectivity index (χ0) is 17.7. The van der Waals surface area contributed by atoms with E-state index in [1.807, 2.05) is 25.1 Å². The summed E-state index contributed by atoms with van der Waals surface area (Å²) in [6.45, 7) is 4.41. The smallest absolute Gasteiger partial charge is 0.258 e. The third-order valence-electron chi connectivity index (χ3n) is 5.06. The van der Waals surface area contributed by atoms with Crippen molar-refractivity contribution < 1.29 is 14.4 Å². The Morgan fingerprint density at radius 2 is 2.00 bits per heavy atom. The molecule has 2 aromatic rings. The van der Waals surface area contributed by atoms with Crippen LogP contribution in [0.1, 0.15) is 43.5 Å². The van der Waals surface area contributed by atoms with E-state index < -0.39 is 5.60 Å². The van der Waals surface area contributed by atoms with Crippen LogP contribution in [0.5, 0.6) is 0 Å².